The highest BCUT2D eigenvalue weighted by atomic mass is 14.5. The van der Waals surface area contributed by atoms with Gasteiger partial charge < -0.3 is 0 Å². The lowest BCUT2D eigenvalue weighted by Gasteiger charge is -2.32. The highest BCUT2D eigenvalue weighted by Crippen LogP contribution is 2.53. The van der Waals surface area contributed by atoms with Crippen LogP contribution in [0.5, 0.6) is 0 Å². The van der Waals surface area contributed by atoms with Crippen LogP contribution in [0, 0.1) is 23.7 Å². The molecule has 0 radical (unpaired) electrons. The molecule has 0 N–H and O–H groups in total. The van der Waals surface area contributed by atoms with Gasteiger partial charge >= 0.3 is 0 Å². The van der Waals surface area contributed by atoms with Crippen molar-refractivity contribution in [3.63, 3.8) is 0 Å². The van der Waals surface area contributed by atoms with Crippen LogP contribution in [0.15, 0.2) is 0 Å². The lowest BCUT2D eigenvalue weighted by atomic mass is 9.73. The normalized spacial score (nSPS) is 43.6. The molecule has 3 aliphatic rings. The van der Waals surface area contributed by atoms with Gasteiger partial charge in [0.25, 0.3) is 0 Å². The summed E-state index contributed by atoms with van der Waals surface area (Å²) in [6.07, 6.45) is 14.1. The average molecular weight is 208 g/mol. The molecule has 0 nitrogen and oxygen atoms in total. The van der Waals surface area contributed by atoms with Gasteiger partial charge in [-0.15, -0.1) is 0 Å². The minimum atomic E-state index is 1.17. The number of rotatable bonds is 0. The fraction of sp³-hybridized carbons (Fsp3) is 1.00. The Morgan fingerprint density at radius 3 is 1.47 bits per heavy atom. The second-order valence-electron chi connectivity index (χ2n) is 5.65. The van der Waals surface area contributed by atoms with E-state index in [4.69, 9.17) is 0 Å². The standard InChI is InChI=1S/C13H22.C2H6/c1-3-7-12-10(5-1)9-11-6-2-4-8-13(11)12;1-2/h10-13H,1-9H2;1-2H3. The SMILES string of the molecule is C1CCC2C(C1)CC1CCCCC12.CC. The third-order valence-electron chi connectivity index (χ3n) is 5.09. The number of hydrogen-bond donors (Lipinski definition) is 0. The van der Waals surface area contributed by atoms with Crippen molar-refractivity contribution in [2.45, 2.75) is 71.6 Å². The monoisotopic (exact) mass is 208 g/mol. The zero-order chi connectivity index (χ0) is 10.7. The lowest BCUT2D eigenvalue weighted by molar-refractivity contribution is 0.184. The molecule has 3 saturated carbocycles. The summed E-state index contributed by atoms with van der Waals surface area (Å²) in [7, 11) is 0. The molecular weight excluding hydrogens is 180 g/mol. The second-order valence-corrected chi connectivity index (χ2v) is 5.65. The van der Waals surface area contributed by atoms with E-state index < -0.39 is 0 Å². The van der Waals surface area contributed by atoms with Gasteiger partial charge in [-0.3, -0.25) is 0 Å². The van der Waals surface area contributed by atoms with Crippen molar-refractivity contribution in [1.29, 1.82) is 0 Å². The summed E-state index contributed by atoms with van der Waals surface area (Å²) in [4.78, 5) is 0. The van der Waals surface area contributed by atoms with Gasteiger partial charge in [-0.25, -0.2) is 0 Å². The fourth-order valence-corrected chi connectivity index (χ4v) is 4.57. The number of hydrogen-bond acceptors (Lipinski definition) is 0. The number of fused-ring (bicyclic) bond motifs is 3. The Hall–Kier alpha value is 0. The fourth-order valence-electron chi connectivity index (χ4n) is 4.57. The van der Waals surface area contributed by atoms with Gasteiger partial charge in [0.1, 0.15) is 0 Å². The minimum Gasteiger partial charge on any atom is -0.0683 e. The van der Waals surface area contributed by atoms with Gasteiger partial charge in [0.2, 0.25) is 0 Å². The molecule has 15 heavy (non-hydrogen) atoms. The van der Waals surface area contributed by atoms with Gasteiger partial charge in [0.15, 0.2) is 0 Å². The van der Waals surface area contributed by atoms with Crippen LogP contribution in [0.1, 0.15) is 71.6 Å². The molecule has 3 fully saturated rings. The molecule has 0 aliphatic heterocycles. The van der Waals surface area contributed by atoms with Gasteiger partial charge in [-0.1, -0.05) is 52.4 Å². The van der Waals surface area contributed by atoms with Crippen molar-refractivity contribution in [2.75, 3.05) is 0 Å². The topological polar surface area (TPSA) is 0 Å². The van der Waals surface area contributed by atoms with E-state index in [2.05, 4.69) is 0 Å². The van der Waals surface area contributed by atoms with Crippen molar-refractivity contribution >= 4 is 0 Å². The van der Waals surface area contributed by atoms with Gasteiger partial charge in [0.05, 0.1) is 0 Å². The summed E-state index contributed by atoms with van der Waals surface area (Å²) in [5.41, 5.74) is 0. The Balaban J connectivity index is 0.000000404. The molecule has 4 unspecified atom stereocenters. The molecule has 0 aromatic carbocycles. The van der Waals surface area contributed by atoms with Gasteiger partial charge in [0, 0.05) is 0 Å². The van der Waals surface area contributed by atoms with E-state index in [1.54, 1.807) is 57.8 Å². The van der Waals surface area contributed by atoms with Crippen LogP contribution >= 0.6 is 0 Å². The summed E-state index contributed by atoms with van der Waals surface area (Å²) >= 11 is 0. The summed E-state index contributed by atoms with van der Waals surface area (Å²) in [5.74, 6) is 4.70. The van der Waals surface area contributed by atoms with Crippen LogP contribution in [-0.2, 0) is 0 Å². The van der Waals surface area contributed by atoms with Crippen LogP contribution in [0.3, 0.4) is 0 Å². The van der Waals surface area contributed by atoms with E-state index in [0.29, 0.717) is 0 Å². The molecule has 88 valence electrons. The molecule has 3 aliphatic carbocycles. The van der Waals surface area contributed by atoms with E-state index in [9.17, 15) is 0 Å². The minimum absolute atomic E-state index is 1.17. The molecule has 0 aromatic heterocycles. The third-order valence-corrected chi connectivity index (χ3v) is 5.09. The molecule has 0 bridgehead atoms. The zero-order valence-corrected chi connectivity index (χ0v) is 10.7. The maximum Gasteiger partial charge on any atom is -0.0355 e. The third kappa shape index (κ3) is 2.24. The summed E-state index contributed by atoms with van der Waals surface area (Å²) in [6, 6.07) is 0. The Morgan fingerprint density at radius 1 is 0.600 bits per heavy atom. The maximum absolute atomic E-state index is 2.00. The van der Waals surface area contributed by atoms with Crippen LogP contribution in [0.2, 0.25) is 0 Å². The first-order chi connectivity index (χ1) is 7.45. The van der Waals surface area contributed by atoms with Gasteiger partial charge in [-0.05, 0) is 42.9 Å². The van der Waals surface area contributed by atoms with E-state index in [1.165, 1.54) is 23.7 Å². The molecule has 0 heteroatoms. The molecule has 0 saturated heterocycles. The summed E-state index contributed by atoms with van der Waals surface area (Å²) < 4.78 is 0. The smallest absolute Gasteiger partial charge is 0.0355 e. The van der Waals surface area contributed by atoms with Crippen molar-refractivity contribution in [1.82, 2.24) is 0 Å². The summed E-state index contributed by atoms with van der Waals surface area (Å²) in [5, 5.41) is 0. The molecule has 0 aromatic rings. The van der Waals surface area contributed by atoms with Crippen LogP contribution in [0.4, 0.5) is 0 Å². The van der Waals surface area contributed by atoms with E-state index >= 15 is 0 Å². The Morgan fingerprint density at radius 2 is 1.00 bits per heavy atom. The maximum atomic E-state index is 2.00. The van der Waals surface area contributed by atoms with E-state index in [1.807, 2.05) is 13.8 Å². The van der Waals surface area contributed by atoms with Crippen molar-refractivity contribution in [3.8, 4) is 0 Å². The second kappa shape index (κ2) is 5.37. The Kier molecular flexibility index (Phi) is 4.11. The van der Waals surface area contributed by atoms with Crippen molar-refractivity contribution in [3.05, 3.63) is 0 Å². The first-order valence-corrected chi connectivity index (χ1v) is 7.45. The first kappa shape index (κ1) is 11.5. The molecule has 0 amide bonds. The predicted octanol–water partition coefficient (Wildman–Crippen LogP) is 5.03. The molecule has 4 atom stereocenters. The lowest BCUT2D eigenvalue weighted by Crippen LogP contribution is -2.22. The molecule has 0 spiro atoms. The molecular formula is C15H28. The highest BCUT2D eigenvalue weighted by Gasteiger charge is 2.43. The Bertz CT molecular complexity index is 164. The van der Waals surface area contributed by atoms with Crippen LogP contribution < -0.4 is 0 Å². The summed E-state index contributed by atoms with van der Waals surface area (Å²) in [6.45, 7) is 4.00. The van der Waals surface area contributed by atoms with Gasteiger partial charge in [-0.2, -0.15) is 0 Å². The quantitative estimate of drug-likeness (QED) is 0.524. The zero-order valence-electron chi connectivity index (χ0n) is 10.7. The van der Waals surface area contributed by atoms with Crippen LogP contribution in [0.25, 0.3) is 0 Å². The van der Waals surface area contributed by atoms with E-state index in [0.717, 1.165) is 0 Å². The first-order valence-electron chi connectivity index (χ1n) is 7.45. The van der Waals surface area contributed by atoms with Crippen molar-refractivity contribution < 1.29 is 0 Å². The Labute approximate surface area is 95.8 Å². The average Bonchev–Trinajstić information content (AvgIpc) is 2.70. The van der Waals surface area contributed by atoms with E-state index in [-0.39, 0.29) is 0 Å². The highest BCUT2D eigenvalue weighted by molar-refractivity contribution is 4.94. The largest absolute Gasteiger partial charge is 0.0683 e. The molecule has 3 rings (SSSR count). The van der Waals surface area contributed by atoms with Crippen molar-refractivity contribution in [2.24, 2.45) is 23.7 Å². The van der Waals surface area contributed by atoms with Crippen LogP contribution in [-0.4, -0.2) is 0 Å². The predicted molar refractivity (Wildman–Crippen MR) is 66.9 cm³/mol. The molecule has 0 heterocycles.